The van der Waals surface area contributed by atoms with Gasteiger partial charge in [0.1, 0.15) is 11.9 Å². The second-order valence-electron chi connectivity index (χ2n) is 10.0. The van der Waals surface area contributed by atoms with Crippen LogP contribution in [-0.2, 0) is 14.9 Å². The molecule has 3 radical (unpaired) electrons. The van der Waals surface area contributed by atoms with Gasteiger partial charge in [-0.05, 0) is 62.3 Å². The first kappa shape index (κ1) is 25.5. The summed E-state index contributed by atoms with van der Waals surface area (Å²) in [6.45, 7) is 10.4. The highest BCUT2D eigenvalue weighted by molar-refractivity contribution is 5.80. The number of ketones is 1. The van der Waals surface area contributed by atoms with Crippen molar-refractivity contribution in [2.75, 3.05) is 0 Å². The Bertz CT molecular complexity index is 787. The molecule has 2 fully saturated rings. The predicted molar refractivity (Wildman–Crippen MR) is 133 cm³/mol. The minimum atomic E-state index is -0.308. The topological polar surface area (TPSA) is 46.6 Å². The molecule has 3 rings (SSSR count). The van der Waals surface area contributed by atoms with Crippen molar-refractivity contribution in [2.24, 2.45) is 5.92 Å². The molecule has 0 N–H and O–H groups in total. The van der Waals surface area contributed by atoms with Crippen LogP contribution in [0, 0.1) is 25.2 Å². The molecule has 0 aromatic heterocycles. The van der Waals surface area contributed by atoms with E-state index in [0.29, 0.717) is 19.3 Å². The lowest BCUT2D eigenvalue weighted by Gasteiger charge is -2.45. The number of ether oxygens (including phenoxy) is 1. The Hall–Kier alpha value is -2.10. The number of piperidine rings is 1. The quantitative estimate of drug-likeness (QED) is 0.395. The zero-order valence-electron chi connectivity index (χ0n) is 20.5. The summed E-state index contributed by atoms with van der Waals surface area (Å²) in [4.78, 5) is 27.8. The minimum Gasteiger partial charge on any atom is -0.446 e. The van der Waals surface area contributed by atoms with Crippen LogP contribution in [0.5, 0.6) is 0 Å². The molecule has 2 aliphatic rings. The highest BCUT2D eigenvalue weighted by Gasteiger charge is 2.43. The van der Waals surface area contributed by atoms with Gasteiger partial charge in [-0.3, -0.25) is 4.79 Å². The Balaban J connectivity index is 1.79. The molecule has 1 amide bonds. The summed E-state index contributed by atoms with van der Waals surface area (Å²) in [5, 5.41) is 0. The molecule has 1 heterocycles. The van der Waals surface area contributed by atoms with Gasteiger partial charge in [0.15, 0.2) is 0 Å². The molecule has 1 aliphatic heterocycles. The fraction of sp³-hybridized carbons (Fsp3) is 0.552. The van der Waals surface area contributed by atoms with Gasteiger partial charge in [0.2, 0.25) is 0 Å². The van der Waals surface area contributed by atoms with Crippen LogP contribution in [0.4, 0.5) is 4.79 Å². The minimum absolute atomic E-state index is 0.0996. The molecule has 1 aliphatic carbocycles. The highest BCUT2D eigenvalue weighted by atomic mass is 16.6. The number of benzene rings is 1. The van der Waals surface area contributed by atoms with E-state index in [0.717, 1.165) is 32.1 Å². The van der Waals surface area contributed by atoms with Crippen LogP contribution in [-0.4, -0.2) is 35.0 Å². The van der Waals surface area contributed by atoms with Crippen LogP contribution >= 0.6 is 0 Å². The third-order valence-corrected chi connectivity index (χ3v) is 7.37. The number of nitrogens with zero attached hydrogens (tertiary/aromatic N) is 1. The zero-order valence-corrected chi connectivity index (χ0v) is 20.5. The van der Waals surface area contributed by atoms with Crippen molar-refractivity contribution in [2.45, 2.75) is 95.7 Å². The van der Waals surface area contributed by atoms with E-state index >= 15 is 0 Å². The van der Waals surface area contributed by atoms with Crippen molar-refractivity contribution >= 4 is 11.9 Å². The summed E-state index contributed by atoms with van der Waals surface area (Å²) in [5.74, 6) is 0.435. The number of carbonyl (C=O) groups excluding carboxylic acids is 2. The van der Waals surface area contributed by atoms with Crippen LogP contribution in [0.3, 0.4) is 0 Å². The Morgan fingerprint density at radius 1 is 1.12 bits per heavy atom. The lowest BCUT2D eigenvalue weighted by Crippen LogP contribution is -2.53. The SMILES string of the molecule is C=CC[C@@H]1[CH][CH][CH][C@H](CC(=O)CCC)N1C(=O)O[C@H]1CCCC[C@@H]1C(C)(C)c1ccccc1. The van der Waals surface area contributed by atoms with E-state index in [9.17, 15) is 9.59 Å². The number of rotatable bonds is 9. The normalized spacial score (nSPS) is 26.0. The molecular weight excluding hydrogens is 410 g/mol. The van der Waals surface area contributed by atoms with Crippen molar-refractivity contribution in [1.82, 2.24) is 4.90 Å². The second-order valence-corrected chi connectivity index (χ2v) is 10.0. The third kappa shape index (κ3) is 6.28. The van der Waals surface area contributed by atoms with Gasteiger partial charge in [0.05, 0.1) is 0 Å². The van der Waals surface area contributed by atoms with E-state index in [1.165, 1.54) is 5.56 Å². The molecule has 0 unspecified atom stereocenters. The van der Waals surface area contributed by atoms with Crippen LogP contribution in [0.25, 0.3) is 0 Å². The number of likely N-dealkylation sites (tertiary alicyclic amines) is 1. The fourth-order valence-electron chi connectivity index (χ4n) is 5.50. The van der Waals surface area contributed by atoms with Gasteiger partial charge in [-0.1, -0.05) is 63.6 Å². The van der Waals surface area contributed by atoms with Crippen LogP contribution in [0.2, 0.25) is 0 Å². The smallest absolute Gasteiger partial charge is 0.410 e. The van der Waals surface area contributed by atoms with Crippen molar-refractivity contribution in [3.05, 3.63) is 67.8 Å². The fourth-order valence-corrected chi connectivity index (χ4v) is 5.50. The monoisotopic (exact) mass is 450 g/mol. The van der Waals surface area contributed by atoms with Crippen molar-refractivity contribution in [1.29, 1.82) is 0 Å². The average molecular weight is 451 g/mol. The summed E-state index contributed by atoms with van der Waals surface area (Å²) in [5.41, 5.74) is 1.18. The van der Waals surface area contributed by atoms with E-state index in [2.05, 4.69) is 44.7 Å². The average Bonchev–Trinajstić information content (AvgIpc) is 2.80. The lowest BCUT2D eigenvalue weighted by molar-refractivity contribution is -0.120. The first-order valence-electron chi connectivity index (χ1n) is 12.6. The van der Waals surface area contributed by atoms with Gasteiger partial charge in [0.25, 0.3) is 0 Å². The summed E-state index contributed by atoms with van der Waals surface area (Å²) in [6.07, 6.45) is 13.8. The molecular formula is C29H40NO3. The van der Waals surface area contributed by atoms with Gasteiger partial charge in [-0.2, -0.15) is 0 Å². The lowest BCUT2D eigenvalue weighted by atomic mass is 9.66. The van der Waals surface area contributed by atoms with Gasteiger partial charge < -0.3 is 9.64 Å². The van der Waals surface area contributed by atoms with Gasteiger partial charge in [-0.25, -0.2) is 4.79 Å². The van der Waals surface area contributed by atoms with Gasteiger partial charge in [-0.15, -0.1) is 6.58 Å². The zero-order chi connectivity index (χ0) is 23.8. The third-order valence-electron chi connectivity index (χ3n) is 7.37. The van der Waals surface area contributed by atoms with Gasteiger partial charge in [0, 0.05) is 30.8 Å². The van der Waals surface area contributed by atoms with Crippen molar-refractivity contribution in [3.8, 4) is 0 Å². The van der Waals surface area contributed by atoms with E-state index < -0.39 is 0 Å². The molecule has 179 valence electrons. The largest absolute Gasteiger partial charge is 0.446 e. The van der Waals surface area contributed by atoms with Crippen molar-refractivity contribution < 1.29 is 14.3 Å². The Morgan fingerprint density at radius 3 is 2.52 bits per heavy atom. The Morgan fingerprint density at radius 2 is 1.82 bits per heavy atom. The summed E-state index contributed by atoms with van der Waals surface area (Å²) in [7, 11) is 0. The highest BCUT2D eigenvalue weighted by Crippen LogP contribution is 2.42. The molecule has 4 heteroatoms. The molecule has 0 spiro atoms. The Labute approximate surface area is 200 Å². The second kappa shape index (κ2) is 11.9. The maximum absolute atomic E-state index is 13.6. The number of Topliss-reactive ketones (excluding diaryl/α,β-unsaturated/α-hetero) is 1. The molecule has 0 bridgehead atoms. The summed E-state index contributed by atoms with van der Waals surface area (Å²) in [6, 6.07) is 10.1. The molecule has 1 saturated heterocycles. The van der Waals surface area contributed by atoms with E-state index in [-0.39, 0.29) is 41.4 Å². The maximum atomic E-state index is 13.6. The van der Waals surface area contributed by atoms with Crippen LogP contribution in [0.15, 0.2) is 43.0 Å². The summed E-state index contributed by atoms with van der Waals surface area (Å²) < 4.78 is 6.29. The number of hydrogen-bond donors (Lipinski definition) is 0. The molecule has 4 atom stereocenters. The first-order chi connectivity index (χ1) is 15.9. The first-order valence-corrected chi connectivity index (χ1v) is 12.6. The number of hydrogen-bond acceptors (Lipinski definition) is 3. The molecule has 1 saturated carbocycles. The van der Waals surface area contributed by atoms with Crippen LogP contribution in [0.1, 0.15) is 77.7 Å². The van der Waals surface area contributed by atoms with Gasteiger partial charge >= 0.3 is 6.09 Å². The van der Waals surface area contributed by atoms with E-state index in [1.807, 2.05) is 38.3 Å². The standard InChI is InChI=1S/C29H40NO3/c1-5-13-23-17-12-18-24(21-25(31)14-6-2)30(23)28(32)33-27-20-11-10-19-26(27)29(3,4)22-15-8-7-9-16-22/h5,7-9,12,15-18,23-24,26-27H,1,6,10-11,13-14,19-21H2,2-4H3/t23-,24-,26+,27+/m1/s1. The Kier molecular flexibility index (Phi) is 9.17. The molecule has 33 heavy (non-hydrogen) atoms. The maximum Gasteiger partial charge on any atom is 0.410 e. The van der Waals surface area contributed by atoms with Crippen molar-refractivity contribution in [3.63, 3.8) is 0 Å². The molecule has 4 nitrogen and oxygen atoms in total. The van der Waals surface area contributed by atoms with E-state index in [1.54, 1.807) is 4.90 Å². The molecule has 1 aromatic rings. The number of carbonyl (C=O) groups is 2. The van der Waals surface area contributed by atoms with E-state index in [4.69, 9.17) is 4.74 Å². The predicted octanol–water partition coefficient (Wildman–Crippen LogP) is 6.66. The van der Waals surface area contributed by atoms with Crippen LogP contribution < -0.4 is 0 Å². The molecule has 1 aromatic carbocycles. The number of amides is 1. The summed E-state index contributed by atoms with van der Waals surface area (Å²) >= 11 is 0.